The molecule has 0 saturated heterocycles. The van der Waals surface area contributed by atoms with Crippen LogP contribution >= 0.6 is 0 Å². The van der Waals surface area contributed by atoms with Crippen LogP contribution in [0.1, 0.15) is 26.2 Å². The van der Waals surface area contributed by atoms with Crippen molar-refractivity contribution in [2.24, 2.45) is 0 Å². The van der Waals surface area contributed by atoms with Gasteiger partial charge in [-0.05, 0) is 31.9 Å². The Morgan fingerprint density at radius 1 is 1.37 bits per heavy atom. The molecule has 1 aromatic rings. The SMILES string of the molecule is CC(CCCC(=O)O)NC(=O)Nc1ccccc1F. The summed E-state index contributed by atoms with van der Waals surface area (Å²) in [6, 6.07) is 5.19. The Labute approximate surface area is 110 Å². The number of rotatable bonds is 6. The summed E-state index contributed by atoms with van der Waals surface area (Å²) in [7, 11) is 0. The summed E-state index contributed by atoms with van der Waals surface area (Å²) < 4.78 is 13.3. The number of amides is 2. The molecule has 0 fully saturated rings. The van der Waals surface area contributed by atoms with Gasteiger partial charge in [0.05, 0.1) is 5.69 Å². The van der Waals surface area contributed by atoms with Crippen LogP contribution in [0.25, 0.3) is 0 Å². The maximum absolute atomic E-state index is 13.3. The van der Waals surface area contributed by atoms with Crippen LogP contribution in [0.15, 0.2) is 24.3 Å². The highest BCUT2D eigenvalue weighted by Gasteiger charge is 2.09. The Kier molecular flexibility index (Phi) is 5.78. The molecule has 0 aliphatic heterocycles. The van der Waals surface area contributed by atoms with Gasteiger partial charge in [0.1, 0.15) is 5.82 Å². The fraction of sp³-hybridized carbons (Fsp3) is 0.385. The van der Waals surface area contributed by atoms with Crippen molar-refractivity contribution in [2.75, 3.05) is 5.32 Å². The quantitative estimate of drug-likeness (QED) is 0.742. The number of carboxylic acids is 1. The summed E-state index contributed by atoms with van der Waals surface area (Å²) in [6.07, 6.45) is 1.11. The van der Waals surface area contributed by atoms with Crippen molar-refractivity contribution in [3.05, 3.63) is 30.1 Å². The average molecular weight is 268 g/mol. The number of carbonyl (C=O) groups is 2. The van der Waals surface area contributed by atoms with Gasteiger partial charge in [0, 0.05) is 12.5 Å². The van der Waals surface area contributed by atoms with Gasteiger partial charge in [-0.1, -0.05) is 12.1 Å². The van der Waals surface area contributed by atoms with Gasteiger partial charge in [-0.25, -0.2) is 9.18 Å². The van der Waals surface area contributed by atoms with E-state index >= 15 is 0 Å². The molecule has 0 aromatic heterocycles. The molecule has 0 spiro atoms. The number of benzene rings is 1. The van der Waals surface area contributed by atoms with E-state index in [-0.39, 0.29) is 18.2 Å². The summed E-state index contributed by atoms with van der Waals surface area (Å²) in [5, 5.41) is 13.5. The fourth-order valence-electron chi connectivity index (χ4n) is 1.58. The summed E-state index contributed by atoms with van der Waals surface area (Å²) in [5.41, 5.74) is 0.109. The van der Waals surface area contributed by atoms with E-state index in [1.807, 2.05) is 0 Å². The zero-order valence-corrected chi connectivity index (χ0v) is 10.6. The zero-order valence-electron chi connectivity index (χ0n) is 10.6. The number of anilines is 1. The lowest BCUT2D eigenvalue weighted by atomic mass is 10.1. The second-order valence-electron chi connectivity index (χ2n) is 4.27. The first-order valence-electron chi connectivity index (χ1n) is 6.03. The van der Waals surface area contributed by atoms with Crippen LogP contribution in [-0.4, -0.2) is 23.1 Å². The molecule has 0 aliphatic rings. The van der Waals surface area contributed by atoms with Gasteiger partial charge in [0.15, 0.2) is 0 Å². The minimum atomic E-state index is -0.858. The molecular weight excluding hydrogens is 251 g/mol. The minimum Gasteiger partial charge on any atom is -0.481 e. The number of halogens is 1. The lowest BCUT2D eigenvalue weighted by molar-refractivity contribution is -0.137. The predicted molar refractivity (Wildman–Crippen MR) is 69.5 cm³/mol. The molecule has 19 heavy (non-hydrogen) atoms. The Hall–Kier alpha value is -2.11. The van der Waals surface area contributed by atoms with Crippen molar-refractivity contribution in [3.63, 3.8) is 0 Å². The summed E-state index contributed by atoms with van der Waals surface area (Å²) >= 11 is 0. The van der Waals surface area contributed by atoms with Crippen LogP contribution in [0.5, 0.6) is 0 Å². The third-order valence-electron chi connectivity index (χ3n) is 2.53. The third kappa shape index (κ3) is 5.85. The highest BCUT2D eigenvalue weighted by molar-refractivity contribution is 5.89. The van der Waals surface area contributed by atoms with E-state index in [2.05, 4.69) is 10.6 Å². The summed E-state index contributed by atoms with van der Waals surface area (Å²) in [6.45, 7) is 1.77. The molecule has 1 unspecified atom stereocenters. The molecule has 0 radical (unpaired) electrons. The van der Waals surface area contributed by atoms with E-state index < -0.39 is 17.8 Å². The summed E-state index contributed by atoms with van der Waals surface area (Å²) in [4.78, 5) is 21.9. The normalized spacial score (nSPS) is 11.7. The molecule has 5 nitrogen and oxygen atoms in total. The highest BCUT2D eigenvalue weighted by Crippen LogP contribution is 2.12. The van der Waals surface area contributed by atoms with Crippen molar-refractivity contribution in [3.8, 4) is 0 Å². The Bertz CT molecular complexity index is 451. The number of aliphatic carboxylic acids is 1. The first-order chi connectivity index (χ1) is 8.99. The van der Waals surface area contributed by atoms with Crippen LogP contribution in [0.4, 0.5) is 14.9 Å². The van der Waals surface area contributed by atoms with Crippen LogP contribution < -0.4 is 10.6 Å². The number of hydrogen-bond donors (Lipinski definition) is 3. The maximum Gasteiger partial charge on any atom is 0.319 e. The molecule has 104 valence electrons. The molecular formula is C13H17FN2O3. The lowest BCUT2D eigenvalue weighted by Crippen LogP contribution is -2.36. The molecule has 0 heterocycles. The van der Waals surface area contributed by atoms with E-state index in [0.717, 1.165) is 0 Å². The van der Waals surface area contributed by atoms with E-state index in [1.165, 1.54) is 18.2 Å². The van der Waals surface area contributed by atoms with Crippen LogP contribution in [0, 0.1) is 5.82 Å². The maximum atomic E-state index is 13.3. The van der Waals surface area contributed by atoms with E-state index in [1.54, 1.807) is 13.0 Å². The van der Waals surface area contributed by atoms with E-state index in [0.29, 0.717) is 12.8 Å². The molecule has 0 saturated carbocycles. The van der Waals surface area contributed by atoms with Gasteiger partial charge < -0.3 is 15.7 Å². The van der Waals surface area contributed by atoms with Gasteiger partial charge >= 0.3 is 12.0 Å². The number of para-hydroxylation sites is 1. The molecule has 1 atom stereocenters. The zero-order chi connectivity index (χ0) is 14.3. The van der Waals surface area contributed by atoms with Crippen molar-refractivity contribution < 1.29 is 19.1 Å². The molecule has 0 bridgehead atoms. The van der Waals surface area contributed by atoms with Gasteiger partial charge in [-0.15, -0.1) is 0 Å². The highest BCUT2D eigenvalue weighted by atomic mass is 19.1. The van der Waals surface area contributed by atoms with Crippen LogP contribution in [0.3, 0.4) is 0 Å². The van der Waals surface area contributed by atoms with Crippen LogP contribution in [0.2, 0.25) is 0 Å². The second-order valence-corrected chi connectivity index (χ2v) is 4.27. The standard InChI is InChI=1S/C13H17FN2O3/c1-9(5-4-8-12(17)18)15-13(19)16-11-7-3-2-6-10(11)14/h2-3,6-7,9H,4-5,8H2,1H3,(H,17,18)(H2,15,16,19). The van der Waals surface area contributed by atoms with Gasteiger partial charge in [0.2, 0.25) is 0 Å². The Balaban J connectivity index is 2.35. The monoisotopic (exact) mass is 268 g/mol. The molecule has 1 aromatic carbocycles. The number of carboxylic acid groups (broad SMARTS) is 1. The second kappa shape index (κ2) is 7.35. The number of carbonyl (C=O) groups excluding carboxylic acids is 1. The van der Waals surface area contributed by atoms with Gasteiger partial charge in [-0.3, -0.25) is 4.79 Å². The van der Waals surface area contributed by atoms with Crippen molar-refractivity contribution in [1.29, 1.82) is 0 Å². The Morgan fingerprint density at radius 3 is 2.68 bits per heavy atom. The molecule has 0 aliphatic carbocycles. The van der Waals surface area contributed by atoms with Crippen LogP contribution in [-0.2, 0) is 4.79 Å². The molecule has 6 heteroatoms. The molecule has 1 rings (SSSR count). The van der Waals surface area contributed by atoms with Crippen molar-refractivity contribution >= 4 is 17.7 Å². The predicted octanol–water partition coefficient (Wildman–Crippen LogP) is 2.59. The van der Waals surface area contributed by atoms with Gasteiger partial charge in [-0.2, -0.15) is 0 Å². The third-order valence-corrected chi connectivity index (χ3v) is 2.53. The van der Waals surface area contributed by atoms with E-state index in [4.69, 9.17) is 5.11 Å². The molecule has 2 amide bonds. The largest absolute Gasteiger partial charge is 0.481 e. The van der Waals surface area contributed by atoms with Crippen molar-refractivity contribution in [1.82, 2.24) is 5.32 Å². The number of urea groups is 1. The number of hydrogen-bond acceptors (Lipinski definition) is 2. The smallest absolute Gasteiger partial charge is 0.319 e. The first-order valence-corrected chi connectivity index (χ1v) is 6.03. The number of nitrogens with one attached hydrogen (secondary N) is 2. The fourth-order valence-corrected chi connectivity index (χ4v) is 1.58. The Morgan fingerprint density at radius 2 is 2.05 bits per heavy atom. The topological polar surface area (TPSA) is 78.4 Å². The lowest BCUT2D eigenvalue weighted by Gasteiger charge is -2.14. The van der Waals surface area contributed by atoms with Crippen molar-refractivity contribution in [2.45, 2.75) is 32.2 Å². The minimum absolute atomic E-state index is 0.0704. The average Bonchev–Trinajstić information content (AvgIpc) is 2.31. The molecule has 3 N–H and O–H groups in total. The summed E-state index contributed by atoms with van der Waals surface area (Å²) in [5.74, 6) is -1.36. The van der Waals surface area contributed by atoms with E-state index in [9.17, 15) is 14.0 Å². The van der Waals surface area contributed by atoms with Gasteiger partial charge in [0.25, 0.3) is 0 Å². The first kappa shape index (κ1) is 14.9.